The van der Waals surface area contributed by atoms with Gasteiger partial charge in [0.1, 0.15) is 0 Å². The van der Waals surface area contributed by atoms with E-state index >= 15 is 0 Å². The normalized spacial score (nSPS) is 17.4. The van der Waals surface area contributed by atoms with Crippen molar-refractivity contribution in [2.24, 2.45) is 5.73 Å². The number of carbonyl (C=O) groups excluding carboxylic acids is 1. The number of aryl methyl sites for hydroxylation is 1. The summed E-state index contributed by atoms with van der Waals surface area (Å²) in [6.45, 7) is 2.35. The number of benzene rings is 2. The first-order chi connectivity index (χ1) is 15.6. The van der Waals surface area contributed by atoms with E-state index in [0.29, 0.717) is 37.3 Å². The highest BCUT2D eigenvalue weighted by molar-refractivity contribution is 6.30. The van der Waals surface area contributed by atoms with E-state index in [1.807, 2.05) is 17.0 Å². The lowest BCUT2D eigenvalue weighted by Gasteiger charge is -2.40. The molecule has 0 bridgehead atoms. The van der Waals surface area contributed by atoms with E-state index in [0.717, 1.165) is 17.2 Å². The topological polar surface area (TPSA) is 64.8 Å². The van der Waals surface area contributed by atoms with Gasteiger partial charge in [0.25, 0.3) is 0 Å². The molecule has 0 unspecified atom stereocenters. The van der Waals surface area contributed by atoms with Gasteiger partial charge in [0.15, 0.2) is 11.5 Å². The van der Waals surface area contributed by atoms with E-state index in [4.69, 9.17) is 26.8 Å². The monoisotopic (exact) mass is 484 g/mol. The predicted molar refractivity (Wildman–Crippen MR) is 121 cm³/mol. The standard InChI is InChI=1S/C24H28ClF3N2O3/c1-14(23(29)31)30-10-9-15-12-21(32-2)22(33-3)13-18(15)20(30)6-4-5-16-11-17(25)7-8-19(16)24(26,27)28/h7-8,11-14,20H,4-6,9-10H2,1-3H3,(H2,29,31)/t14-,20+/m1/s1. The summed E-state index contributed by atoms with van der Waals surface area (Å²) in [7, 11) is 3.11. The Hall–Kier alpha value is -2.45. The van der Waals surface area contributed by atoms with Gasteiger partial charge in [-0.15, -0.1) is 0 Å². The van der Waals surface area contributed by atoms with Crippen LogP contribution in [0.5, 0.6) is 11.5 Å². The van der Waals surface area contributed by atoms with Crippen molar-refractivity contribution >= 4 is 17.5 Å². The van der Waals surface area contributed by atoms with Crippen molar-refractivity contribution in [3.63, 3.8) is 0 Å². The number of primary amides is 1. The second-order valence-corrected chi connectivity index (χ2v) is 8.62. The lowest BCUT2D eigenvalue weighted by atomic mass is 9.87. The number of nitrogens with zero attached hydrogens (tertiary/aromatic N) is 1. The van der Waals surface area contributed by atoms with Gasteiger partial charge in [-0.05, 0) is 79.6 Å². The highest BCUT2D eigenvalue weighted by atomic mass is 35.5. The third-order valence-electron chi connectivity index (χ3n) is 6.25. The summed E-state index contributed by atoms with van der Waals surface area (Å²) in [6.07, 6.45) is -2.56. The summed E-state index contributed by atoms with van der Waals surface area (Å²) in [5.74, 6) is 0.724. The molecule has 0 spiro atoms. The molecule has 33 heavy (non-hydrogen) atoms. The number of ether oxygens (including phenoxy) is 2. The van der Waals surface area contributed by atoms with Crippen LogP contribution in [-0.2, 0) is 23.8 Å². The highest BCUT2D eigenvalue weighted by Crippen LogP contribution is 2.41. The summed E-state index contributed by atoms with van der Waals surface area (Å²) < 4.78 is 51.2. The van der Waals surface area contributed by atoms with Crippen molar-refractivity contribution < 1.29 is 27.4 Å². The maximum absolute atomic E-state index is 13.4. The molecule has 180 valence electrons. The quantitative estimate of drug-likeness (QED) is 0.561. The fourth-order valence-corrected chi connectivity index (χ4v) is 4.72. The van der Waals surface area contributed by atoms with Crippen LogP contribution in [0.3, 0.4) is 0 Å². The van der Waals surface area contributed by atoms with E-state index in [-0.39, 0.29) is 23.0 Å². The van der Waals surface area contributed by atoms with Crippen molar-refractivity contribution in [3.8, 4) is 11.5 Å². The average Bonchev–Trinajstić information content (AvgIpc) is 2.76. The Morgan fingerprint density at radius 2 is 1.88 bits per heavy atom. The van der Waals surface area contributed by atoms with Gasteiger partial charge in [-0.25, -0.2) is 0 Å². The Kier molecular flexibility index (Phi) is 7.80. The van der Waals surface area contributed by atoms with E-state index in [9.17, 15) is 18.0 Å². The van der Waals surface area contributed by atoms with Crippen molar-refractivity contribution in [1.82, 2.24) is 4.90 Å². The van der Waals surface area contributed by atoms with Gasteiger partial charge in [-0.1, -0.05) is 11.6 Å². The molecule has 9 heteroatoms. The first-order valence-electron chi connectivity index (χ1n) is 10.7. The Morgan fingerprint density at radius 1 is 1.21 bits per heavy atom. The molecule has 0 fully saturated rings. The van der Waals surface area contributed by atoms with Crippen molar-refractivity contribution in [2.45, 2.75) is 50.9 Å². The molecule has 0 aliphatic carbocycles. The number of methoxy groups -OCH3 is 2. The predicted octanol–water partition coefficient (Wildman–Crippen LogP) is 5.17. The number of nitrogens with two attached hydrogens (primary N) is 1. The molecular formula is C24H28ClF3N2O3. The molecule has 0 saturated heterocycles. The first-order valence-corrected chi connectivity index (χ1v) is 11.1. The molecule has 3 rings (SSSR count). The summed E-state index contributed by atoms with van der Waals surface area (Å²) >= 11 is 5.97. The Balaban J connectivity index is 1.91. The maximum Gasteiger partial charge on any atom is 0.416 e. The zero-order chi connectivity index (χ0) is 24.3. The number of fused-ring (bicyclic) bond motifs is 1. The molecule has 1 amide bonds. The van der Waals surface area contributed by atoms with Gasteiger partial charge in [0.2, 0.25) is 5.91 Å². The largest absolute Gasteiger partial charge is 0.493 e. The van der Waals surface area contributed by atoms with E-state index < -0.39 is 23.7 Å². The fourth-order valence-electron chi connectivity index (χ4n) is 4.53. The van der Waals surface area contributed by atoms with Gasteiger partial charge in [0.05, 0.1) is 25.8 Å². The van der Waals surface area contributed by atoms with Crippen LogP contribution in [0.2, 0.25) is 5.02 Å². The molecule has 0 aromatic heterocycles. The molecule has 5 nitrogen and oxygen atoms in total. The van der Waals surface area contributed by atoms with Crippen LogP contribution in [-0.4, -0.2) is 37.6 Å². The lowest BCUT2D eigenvalue weighted by Crippen LogP contribution is -2.47. The summed E-state index contributed by atoms with van der Waals surface area (Å²) in [5, 5.41) is 0.266. The molecule has 2 N–H and O–H groups in total. The molecule has 0 saturated carbocycles. The van der Waals surface area contributed by atoms with E-state index in [1.165, 1.54) is 12.1 Å². The number of alkyl halides is 3. The van der Waals surface area contributed by atoms with Crippen LogP contribution in [0.4, 0.5) is 13.2 Å². The van der Waals surface area contributed by atoms with Crippen LogP contribution in [0.15, 0.2) is 30.3 Å². The molecule has 2 atom stereocenters. The van der Waals surface area contributed by atoms with Crippen LogP contribution >= 0.6 is 11.6 Å². The zero-order valence-electron chi connectivity index (χ0n) is 18.8. The minimum Gasteiger partial charge on any atom is -0.493 e. The minimum atomic E-state index is -4.45. The molecule has 2 aromatic rings. The van der Waals surface area contributed by atoms with Gasteiger partial charge in [-0.3, -0.25) is 9.69 Å². The summed E-state index contributed by atoms with van der Waals surface area (Å²) in [6, 6.07) is 6.73. The lowest BCUT2D eigenvalue weighted by molar-refractivity contribution is -0.138. The summed E-state index contributed by atoms with van der Waals surface area (Å²) in [4.78, 5) is 14.0. The molecule has 2 aromatic carbocycles. The molecule has 1 heterocycles. The van der Waals surface area contributed by atoms with Crippen LogP contribution in [0.25, 0.3) is 0 Å². The van der Waals surface area contributed by atoms with Gasteiger partial charge in [0, 0.05) is 17.6 Å². The highest BCUT2D eigenvalue weighted by Gasteiger charge is 2.35. The smallest absolute Gasteiger partial charge is 0.416 e. The second-order valence-electron chi connectivity index (χ2n) is 8.18. The number of carbonyl (C=O) groups is 1. The number of hydrogen-bond acceptors (Lipinski definition) is 4. The van der Waals surface area contributed by atoms with E-state index in [1.54, 1.807) is 21.1 Å². The number of hydrogen-bond donors (Lipinski definition) is 1. The third kappa shape index (κ3) is 5.55. The van der Waals surface area contributed by atoms with Gasteiger partial charge in [-0.2, -0.15) is 13.2 Å². The van der Waals surface area contributed by atoms with Crippen LogP contribution in [0, 0.1) is 0 Å². The average molecular weight is 485 g/mol. The molecular weight excluding hydrogens is 457 g/mol. The number of halogens is 4. The molecule has 1 aliphatic rings. The molecule has 0 radical (unpaired) electrons. The van der Waals surface area contributed by atoms with Crippen molar-refractivity contribution in [3.05, 3.63) is 57.6 Å². The van der Waals surface area contributed by atoms with E-state index in [2.05, 4.69) is 0 Å². The van der Waals surface area contributed by atoms with Crippen LogP contribution < -0.4 is 15.2 Å². The van der Waals surface area contributed by atoms with Crippen molar-refractivity contribution in [1.29, 1.82) is 0 Å². The Bertz CT molecular complexity index is 1010. The van der Waals surface area contributed by atoms with Crippen LogP contribution in [0.1, 0.15) is 48.1 Å². The molecule has 1 aliphatic heterocycles. The first kappa shape index (κ1) is 25.2. The third-order valence-corrected chi connectivity index (χ3v) is 6.48. The number of amides is 1. The maximum atomic E-state index is 13.4. The second kappa shape index (κ2) is 10.2. The number of rotatable bonds is 8. The summed E-state index contributed by atoms with van der Waals surface area (Å²) in [5.41, 5.74) is 7.10. The van der Waals surface area contributed by atoms with Crippen molar-refractivity contribution in [2.75, 3.05) is 20.8 Å². The SMILES string of the molecule is COc1cc2c(cc1OC)[C@H](CCCc1cc(Cl)ccc1C(F)(F)F)N([C@H](C)C(N)=O)CC2. The Morgan fingerprint density at radius 3 is 2.48 bits per heavy atom. The van der Waals surface area contributed by atoms with Gasteiger partial charge >= 0.3 is 6.18 Å². The fraction of sp³-hybridized carbons (Fsp3) is 0.458. The zero-order valence-corrected chi connectivity index (χ0v) is 19.6. The minimum absolute atomic E-state index is 0.160. The van der Waals surface area contributed by atoms with Gasteiger partial charge < -0.3 is 15.2 Å². The Labute approximate surface area is 196 Å².